The summed E-state index contributed by atoms with van der Waals surface area (Å²) in [7, 11) is -7.97. The monoisotopic (exact) mass is 476 g/mol. The summed E-state index contributed by atoms with van der Waals surface area (Å²) >= 11 is 0. The van der Waals surface area contributed by atoms with Gasteiger partial charge in [0.2, 0.25) is 10.0 Å². The Bertz CT molecular complexity index is 1280. The van der Waals surface area contributed by atoms with Crippen LogP contribution in [0.25, 0.3) is 0 Å². The summed E-state index contributed by atoms with van der Waals surface area (Å²) in [5, 5.41) is 0. The molecule has 0 fully saturated rings. The molecular formula is C17H20N2O8S3. The third-order valence-electron chi connectivity index (χ3n) is 3.97. The average molecular weight is 477 g/mol. The Balaban J connectivity index is 2.40. The minimum absolute atomic E-state index is 0.0144. The molecule has 10 nitrogen and oxygen atoms in total. The molecule has 0 aliphatic heterocycles. The van der Waals surface area contributed by atoms with Crippen LogP contribution in [0, 0.1) is 0 Å². The van der Waals surface area contributed by atoms with Crippen molar-refractivity contribution in [2.45, 2.75) is 14.7 Å². The van der Waals surface area contributed by atoms with Crippen LogP contribution < -0.4 is 9.46 Å². The first-order chi connectivity index (χ1) is 13.7. The number of sulfonamides is 2. The van der Waals surface area contributed by atoms with E-state index in [0.29, 0.717) is 0 Å². The van der Waals surface area contributed by atoms with Crippen LogP contribution in [0.2, 0.25) is 0 Å². The molecule has 2 rings (SSSR count). The van der Waals surface area contributed by atoms with Gasteiger partial charge in [0.05, 0.1) is 16.9 Å². The first-order valence-electron chi connectivity index (χ1n) is 8.18. The van der Waals surface area contributed by atoms with Crippen molar-refractivity contribution in [2.24, 2.45) is 0 Å². The Kier molecular flexibility index (Phi) is 6.61. The predicted octanol–water partition coefficient (Wildman–Crippen LogP) is 0.468. The Morgan fingerprint density at radius 1 is 0.900 bits per heavy atom. The van der Waals surface area contributed by atoms with Crippen molar-refractivity contribution in [3.8, 4) is 5.75 Å². The lowest BCUT2D eigenvalue weighted by Crippen LogP contribution is -2.31. The van der Waals surface area contributed by atoms with Crippen molar-refractivity contribution in [2.75, 3.05) is 27.5 Å². The van der Waals surface area contributed by atoms with Gasteiger partial charge < -0.3 is 4.74 Å². The second kappa shape index (κ2) is 8.34. The number of nitrogens with one attached hydrogen (secondary N) is 1. The van der Waals surface area contributed by atoms with Crippen LogP contribution in [0.1, 0.15) is 10.4 Å². The number of amides is 1. The first-order valence-corrected chi connectivity index (χ1v) is 13.0. The van der Waals surface area contributed by atoms with Crippen molar-refractivity contribution >= 4 is 35.8 Å². The maximum absolute atomic E-state index is 12.5. The number of benzene rings is 2. The van der Waals surface area contributed by atoms with Crippen LogP contribution in [-0.4, -0.2) is 62.9 Å². The van der Waals surface area contributed by atoms with Gasteiger partial charge in [-0.2, -0.15) is 0 Å². The van der Waals surface area contributed by atoms with E-state index >= 15 is 0 Å². The second-order valence-corrected chi connectivity index (χ2v) is 12.1. The molecule has 0 saturated heterocycles. The Morgan fingerprint density at radius 2 is 1.43 bits per heavy atom. The summed E-state index contributed by atoms with van der Waals surface area (Å²) in [6.07, 6.45) is 0.974. The SMILES string of the molecule is COc1ccc(C(=O)NS(=O)(=O)c2ccc(S(C)(=O)=O)cc2)cc1S(=O)(=O)N(C)C. The average Bonchev–Trinajstić information content (AvgIpc) is 2.66. The zero-order valence-corrected chi connectivity index (χ0v) is 18.9. The van der Waals surface area contributed by atoms with Gasteiger partial charge in [-0.25, -0.2) is 34.3 Å². The molecule has 0 unspecified atom stereocenters. The number of carbonyl (C=O) groups is 1. The highest BCUT2D eigenvalue weighted by Gasteiger charge is 2.25. The standard InChI is InChI=1S/C17H20N2O8S3/c1-19(2)30(25,26)16-11-12(5-10-15(16)27-3)17(20)18-29(23,24)14-8-6-13(7-9-14)28(4,21)22/h5-11H,1-4H3,(H,18,20). The summed E-state index contributed by atoms with van der Waals surface area (Å²) in [4.78, 5) is 11.7. The molecule has 0 heterocycles. The number of nitrogens with zero attached hydrogens (tertiary/aromatic N) is 1. The van der Waals surface area contributed by atoms with Crippen molar-refractivity contribution in [1.82, 2.24) is 9.03 Å². The van der Waals surface area contributed by atoms with Crippen LogP contribution in [0.3, 0.4) is 0 Å². The summed E-state index contributed by atoms with van der Waals surface area (Å²) in [5.74, 6) is -1.08. The van der Waals surface area contributed by atoms with Gasteiger partial charge in [0.1, 0.15) is 10.6 Å². The molecule has 0 aliphatic carbocycles. The maximum Gasteiger partial charge on any atom is 0.265 e. The molecular weight excluding hydrogens is 456 g/mol. The second-order valence-electron chi connectivity index (χ2n) is 6.33. The molecule has 1 N–H and O–H groups in total. The molecule has 13 heteroatoms. The van der Waals surface area contributed by atoms with Crippen LogP contribution in [0.15, 0.2) is 57.2 Å². The molecule has 30 heavy (non-hydrogen) atoms. The Labute approximate surface area is 175 Å². The number of hydrogen-bond acceptors (Lipinski definition) is 8. The van der Waals surface area contributed by atoms with E-state index in [1.807, 2.05) is 4.72 Å². The molecule has 0 spiro atoms. The van der Waals surface area contributed by atoms with Gasteiger partial charge >= 0.3 is 0 Å². The van der Waals surface area contributed by atoms with Gasteiger partial charge in [0.15, 0.2) is 9.84 Å². The summed E-state index contributed by atoms with van der Waals surface area (Å²) < 4.78 is 80.6. The molecule has 2 aromatic carbocycles. The third-order valence-corrected chi connectivity index (χ3v) is 8.29. The fourth-order valence-electron chi connectivity index (χ4n) is 2.32. The fraction of sp³-hybridized carbons (Fsp3) is 0.235. The minimum Gasteiger partial charge on any atom is -0.495 e. The normalized spacial score (nSPS) is 12.6. The topological polar surface area (TPSA) is 144 Å². The smallest absolute Gasteiger partial charge is 0.265 e. The lowest BCUT2D eigenvalue weighted by Gasteiger charge is -2.15. The summed E-state index contributed by atoms with van der Waals surface area (Å²) in [5.41, 5.74) is -0.229. The van der Waals surface area contributed by atoms with Crippen molar-refractivity contribution in [3.63, 3.8) is 0 Å². The van der Waals surface area contributed by atoms with Gasteiger partial charge in [0.25, 0.3) is 15.9 Å². The first kappa shape index (κ1) is 23.8. The van der Waals surface area contributed by atoms with E-state index in [0.717, 1.165) is 40.9 Å². The van der Waals surface area contributed by atoms with E-state index in [2.05, 4.69) is 0 Å². The van der Waals surface area contributed by atoms with E-state index in [9.17, 15) is 30.0 Å². The van der Waals surface area contributed by atoms with Gasteiger partial charge in [-0.3, -0.25) is 4.79 Å². The van der Waals surface area contributed by atoms with Crippen molar-refractivity contribution < 1.29 is 34.8 Å². The van der Waals surface area contributed by atoms with Crippen molar-refractivity contribution in [3.05, 3.63) is 48.0 Å². The Hall–Kier alpha value is -2.48. The van der Waals surface area contributed by atoms with Gasteiger partial charge in [0, 0.05) is 25.9 Å². The highest BCUT2D eigenvalue weighted by molar-refractivity contribution is 7.91. The highest BCUT2D eigenvalue weighted by atomic mass is 32.2. The maximum atomic E-state index is 12.5. The molecule has 0 saturated carbocycles. The molecule has 0 atom stereocenters. The number of carbonyl (C=O) groups excluding carboxylic acids is 1. The summed E-state index contributed by atoms with van der Waals surface area (Å²) in [6.45, 7) is 0. The van der Waals surface area contributed by atoms with E-state index in [1.165, 1.54) is 33.3 Å². The third kappa shape index (κ3) is 4.98. The minimum atomic E-state index is -4.34. The molecule has 0 aliphatic rings. The van der Waals surface area contributed by atoms with Crippen LogP contribution in [0.4, 0.5) is 0 Å². The lowest BCUT2D eigenvalue weighted by atomic mass is 10.2. The largest absolute Gasteiger partial charge is 0.495 e. The zero-order valence-electron chi connectivity index (χ0n) is 16.5. The summed E-state index contributed by atoms with van der Waals surface area (Å²) in [6, 6.07) is 7.74. The van der Waals surface area contributed by atoms with E-state index in [4.69, 9.17) is 4.74 Å². The highest BCUT2D eigenvalue weighted by Crippen LogP contribution is 2.27. The number of sulfone groups is 1. The number of rotatable bonds is 7. The van der Waals surface area contributed by atoms with E-state index in [-0.39, 0.29) is 26.0 Å². The van der Waals surface area contributed by atoms with Gasteiger partial charge in [-0.1, -0.05) is 0 Å². The lowest BCUT2D eigenvalue weighted by molar-refractivity contribution is 0.0981. The number of ether oxygens (including phenoxy) is 1. The number of hydrogen-bond donors (Lipinski definition) is 1. The van der Waals surface area contributed by atoms with Gasteiger partial charge in [-0.05, 0) is 42.5 Å². The molecule has 0 aromatic heterocycles. The predicted molar refractivity (Wildman–Crippen MR) is 108 cm³/mol. The molecule has 0 bridgehead atoms. The van der Waals surface area contributed by atoms with Crippen LogP contribution in [-0.2, 0) is 29.9 Å². The fourth-order valence-corrected chi connectivity index (χ4v) is 5.00. The van der Waals surface area contributed by atoms with Gasteiger partial charge in [-0.15, -0.1) is 0 Å². The number of methoxy groups -OCH3 is 1. The molecule has 164 valence electrons. The zero-order chi connectivity index (χ0) is 22.9. The van der Waals surface area contributed by atoms with Crippen LogP contribution in [0.5, 0.6) is 5.75 Å². The van der Waals surface area contributed by atoms with E-state index < -0.39 is 35.8 Å². The molecule has 0 radical (unpaired) electrons. The Morgan fingerprint density at radius 3 is 1.90 bits per heavy atom. The van der Waals surface area contributed by atoms with Crippen LogP contribution >= 0.6 is 0 Å². The molecule has 1 amide bonds. The molecule has 2 aromatic rings. The van der Waals surface area contributed by atoms with E-state index in [1.54, 1.807) is 0 Å². The van der Waals surface area contributed by atoms with Crippen molar-refractivity contribution in [1.29, 1.82) is 0 Å². The quantitative estimate of drug-likeness (QED) is 0.607.